The third kappa shape index (κ3) is 5.00. The van der Waals surface area contributed by atoms with Crippen molar-refractivity contribution in [3.8, 4) is 5.75 Å². The summed E-state index contributed by atoms with van der Waals surface area (Å²) in [5.74, 6) is -0.607. The van der Waals surface area contributed by atoms with Gasteiger partial charge in [0, 0.05) is 26.6 Å². The summed E-state index contributed by atoms with van der Waals surface area (Å²) in [7, 11) is -0.885. The maximum absolute atomic E-state index is 13.1. The Morgan fingerprint density at radius 1 is 1.15 bits per heavy atom. The lowest BCUT2D eigenvalue weighted by molar-refractivity contribution is -0.140. The van der Waals surface area contributed by atoms with Crippen LogP contribution in [0.3, 0.4) is 0 Å². The van der Waals surface area contributed by atoms with E-state index >= 15 is 0 Å². The van der Waals surface area contributed by atoms with Gasteiger partial charge in [-0.3, -0.25) is 14.4 Å². The van der Waals surface area contributed by atoms with Gasteiger partial charge in [-0.05, 0) is 43.2 Å². The third-order valence-corrected chi connectivity index (χ3v) is 7.41. The van der Waals surface area contributed by atoms with Gasteiger partial charge in [0.1, 0.15) is 16.7 Å². The summed E-state index contributed by atoms with van der Waals surface area (Å²) < 4.78 is 31.4. The van der Waals surface area contributed by atoms with Gasteiger partial charge in [0.15, 0.2) is 0 Å². The lowest BCUT2D eigenvalue weighted by atomic mass is 10.1. The molecule has 0 unspecified atom stereocenters. The highest BCUT2D eigenvalue weighted by atomic mass is 32.2. The number of hydrogen-bond acceptors (Lipinski definition) is 6. The first-order valence-electron chi connectivity index (χ1n) is 10.5. The van der Waals surface area contributed by atoms with Crippen LogP contribution in [0.15, 0.2) is 53.4 Å². The van der Waals surface area contributed by atoms with Crippen molar-refractivity contribution in [1.29, 1.82) is 0 Å². The van der Waals surface area contributed by atoms with Gasteiger partial charge in [0.25, 0.3) is 15.9 Å². The molecule has 0 fully saturated rings. The van der Waals surface area contributed by atoms with E-state index in [-0.39, 0.29) is 48.2 Å². The predicted molar refractivity (Wildman–Crippen MR) is 121 cm³/mol. The molecule has 1 aliphatic heterocycles. The molecule has 1 heterocycles. The molecule has 0 bridgehead atoms. The summed E-state index contributed by atoms with van der Waals surface area (Å²) in [5.41, 5.74) is 0.919. The summed E-state index contributed by atoms with van der Waals surface area (Å²) in [6.45, 7) is 1.68. The molecule has 0 aromatic heterocycles. The number of rotatable bonds is 9. The predicted octanol–water partition coefficient (Wildman–Crippen LogP) is 1.78. The van der Waals surface area contributed by atoms with Crippen molar-refractivity contribution in [2.75, 3.05) is 20.7 Å². The summed E-state index contributed by atoms with van der Waals surface area (Å²) in [6, 6.07) is 12.5. The van der Waals surface area contributed by atoms with Gasteiger partial charge < -0.3 is 15.0 Å². The summed E-state index contributed by atoms with van der Waals surface area (Å²) in [4.78, 5) is 39.3. The van der Waals surface area contributed by atoms with Crippen LogP contribution in [0.4, 0.5) is 0 Å². The van der Waals surface area contributed by atoms with Gasteiger partial charge >= 0.3 is 0 Å². The molecular weight excluding hydrogens is 446 g/mol. The average molecular weight is 474 g/mol. The molecule has 1 aliphatic rings. The Kier molecular flexibility index (Phi) is 7.37. The van der Waals surface area contributed by atoms with Crippen molar-refractivity contribution >= 4 is 27.7 Å². The molecule has 0 saturated carbocycles. The second-order valence-electron chi connectivity index (χ2n) is 7.65. The Labute approximate surface area is 193 Å². The van der Waals surface area contributed by atoms with Crippen LogP contribution >= 0.6 is 0 Å². The van der Waals surface area contributed by atoms with Crippen LogP contribution in [0, 0.1) is 0 Å². The highest BCUT2D eigenvalue weighted by molar-refractivity contribution is 7.90. The molecule has 1 atom stereocenters. The fraction of sp³-hybridized carbons (Fsp3) is 0.348. The number of hydrogen-bond donors (Lipinski definition) is 1. The number of benzene rings is 2. The number of nitrogens with one attached hydrogen (secondary N) is 1. The van der Waals surface area contributed by atoms with Crippen LogP contribution in [0.25, 0.3) is 0 Å². The first-order valence-corrected chi connectivity index (χ1v) is 11.9. The lowest BCUT2D eigenvalue weighted by Crippen LogP contribution is -2.46. The molecule has 9 nitrogen and oxygen atoms in total. The smallest absolute Gasteiger partial charge is 0.269 e. The summed E-state index contributed by atoms with van der Waals surface area (Å²) in [5, 5.41) is 2.55. The Hall–Kier alpha value is -3.40. The van der Waals surface area contributed by atoms with E-state index in [2.05, 4.69) is 5.32 Å². The van der Waals surface area contributed by atoms with E-state index in [1.54, 1.807) is 44.4 Å². The minimum atomic E-state index is -3.92. The van der Waals surface area contributed by atoms with E-state index in [4.69, 9.17) is 4.74 Å². The van der Waals surface area contributed by atoms with Gasteiger partial charge in [0.05, 0.1) is 12.7 Å². The van der Waals surface area contributed by atoms with Crippen molar-refractivity contribution in [3.63, 3.8) is 0 Å². The van der Waals surface area contributed by atoms with E-state index in [0.717, 1.165) is 9.87 Å². The Balaban J connectivity index is 1.71. The quantitative estimate of drug-likeness (QED) is 0.594. The zero-order valence-electron chi connectivity index (χ0n) is 18.8. The molecule has 33 heavy (non-hydrogen) atoms. The fourth-order valence-corrected chi connectivity index (χ4v) is 5.34. The average Bonchev–Trinajstić information content (AvgIpc) is 3.02. The highest BCUT2D eigenvalue weighted by Gasteiger charge is 2.40. The van der Waals surface area contributed by atoms with Crippen LogP contribution in [-0.4, -0.2) is 62.1 Å². The second-order valence-corrected chi connectivity index (χ2v) is 9.48. The van der Waals surface area contributed by atoms with Crippen LogP contribution < -0.4 is 10.1 Å². The number of amides is 3. The number of sulfonamides is 1. The molecular formula is C23H27N3O6S. The number of carbonyl (C=O) groups is 3. The topological polar surface area (TPSA) is 113 Å². The maximum atomic E-state index is 13.1. The Morgan fingerprint density at radius 2 is 1.88 bits per heavy atom. The van der Waals surface area contributed by atoms with E-state index in [1.807, 2.05) is 6.07 Å². The van der Waals surface area contributed by atoms with E-state index in [9.17, 15) is 22.8 Å². The monoisotopic (exact) mass is 473 g/mol. The van der Waals surface area contributed by atoms with E-state index in [0.29, 0.717) is 5.75 Å². The zero-order chi connectivity index (χ0) is 24.2. The highest BCUT2D eigenvalue weighted by Crippen LogP contribution is 2.30. The van der Waals surface area contributed by atoms with Crippen molar-refractivity contribution in [2.45, 2.75) is 37.2 Å². The van der Waals surface area contributed by atoms with Crippen LogP contribution in [0.1, 0.15) is 35.7 Å². The largest absolute Gasteiger partial charge is 0.497 e. The molecule has 3 amide bonds. The standard InChI is InChI=1S/C23H27N3O6S/c1-16(22(28)24-2)25(15-17-8-6-9-18(14-17)32-3)21(27)12-7-13-26-23(29)19-10-4-5-11-20(19)33(26,30)31/h4-6,8-11,14,16H,7,12-13,15H2,1-3H3,(H,24,28)/t16-/m1/s1. The van der Waals surface area contributed by atoms with Gasteiger partial charge in [-0.1, -0.05) is 24.3 Å². The molecule has 176 valence electrons. The minimum Gasteiger partial charge on any atom is -0.497 e. The lowest BCUT2D eigenvalue weighted by Gasteiger charge is -2.28. The first-order chi connectivity index (χ1) is 15.7. The molecule has 3 rings (SSSR count). The van der Waals surface area contributed by atoms with E-state index in [1.165, 1.54) is 24.1 Å². The van der Waals surface area contributed by atoms with Gasteiger partial charge in [-0.25, -0.2) is 12.7 Å². The van der Waals surface area contributed by atoms with Crippen LogP contribution in [0.5, 0.6) is 5.75 Å². The number of fused-ring (bicyclic) bond motifs is 1. The fourth-order valence-electron chi connectivity index (χ4n) is 3.73. The number of methoxy groups -OCH3 is 1. The van der Waals surface area contributed by atoms with Crippen molar-refractivity contribution < 1.29 is 27.5 Å². The van der Waals surface area contributed by atoms with Crippen LogP contribution in [-0.2, 0) is 26.2 Å². The van der Waals surface area contributed by atoms with Gasteiger partial charge in [-0.15, -0.1) is 0 Å². The van der Waals surface area contributed by atoms with E-state index < -0.39 is 22.0 Å². The Bertz CT molecular complexity index is 1160. The van der Waals surface area contributed by atoms with Crippen molar-refractivity contribution in [3.05, 3.63) is 59.7 Å². The molecule has 2 aromatic rings. The molecule has 0 spiro atoms. The maximum Gasteiger partial charge on any atom is 0.269 e. The SMILES string of the molecule is CNC(=O)[C@@H](C)N(Cc1cccc(OC)c1)C(=O)CCCN1C(=O)c2ccccc2S1(=O)=O. The minimum absolute atomic E-state index is 0.0192. The number of likely N-dealkylation sites (N-methyl/N-ethyl adjacent to an activating group) is 1. The molecule has 10 heteroatoms. The number of carbonyl (C=O) groups excluding carboxylic acids is 3. The molecule has 0 saturated heterocycles. The third-order valence-electron chi connectivity index (χ3n) is 5.56. The van der Waals surface area contributed by atoms with Gasteiger partial charge in [0.2, 0.25) is 11.8 Å². The summed E-state index contributed by atoms with van der Waals surface area (Å²) >= 11 is 0. The molecule has 0 aliphatic carbocycles. The zero-order valence-corrected chi connectivity index (χ0v) is 19.6. The second kappa shape index (κ2) is 10.0. The normalized spacial score (nSPS) is 15.0. The number of nitrogens with zero attached hydrogens (tertiary/aromatic N) is 2. The Morgan fingerprint density at radius 3 is 2.55 bits per heavy atom. The molecule has 1 N–H and O–H groups in total. The first kappa shape index (κ1) is 24.2. The van der Waals surface area contributed by atoms with Crippen molar-refractivity contribution in [1.82, 2.24) is 14.5 Å². The molecule has 2 aromatic carbocycles. The number of ether oxygens (including phenoxy) is 1. The van der Waals surface area contributed by atoms with Crippen LogP contribution in [0.2, 0.25) is 0 Å². The van der Waals surface area contributed by atoms with Crippen molar-refractivity contribution in [2.24, 2.45) is 0 Å². The molecule has 0 radical (unpaired) electrons. The summed E-state index contributed by atoms with van der Waals surface area (Å²) in [6.07, 6.45) is 0.105. The van der Waals surface area contributed by atoms with Gasteiger partial charge in [-0.2, -0.15) is 0 Å².